The lowest BCUT2D eigenvalue weighted by atomic mass is 10.1. The number of nitrogen functional groups attached to an aromatic ring is 1. The highest BCUT2D eigenvalue weighted by Crippen LogP contribution is 2.10. The van der Waals surface area contributed by atoms with Gasteiger partial charge in [-0.1, -0.05) is 18.2 Å². The number of hydrogen-bond acceptors (Lipinski definition) is 4. The standard InChI is InChI=1S/C10H10N4O/c1-7-4-2-3-5-8(7)9(15)14-6-12-13-10(14)11/h2-6H,1H3,(H2,11,13). The maximum absolute atomic E-state index is 12.0. The van der Waals surface area contributed by atoms with Crippen molar-refractivity contribution in [1.29, 1.82) is 0 Å². The van der Waals surface area contributed by atoms with Crippen LogP contribution in [-0.2, 0) is 0 Å². The minimum atomic E-state index is -0.212. The van der Waals surface area contributed by atoms with Gasteiger partial charge in [0.05, 0.1) is 0 Å². The Balaban J connectivity index is 2.46. The van der Waals surface area contributed by atoms with Crippen molar-refractivity contribution in [3.05, 3.63) is 41.7 Å². The summed E-state index contributed by atoms with van der Waals surface area (Å²) < 4.78 is 1.22. The van der Waals surface area contributed by atoms with Gasteiger partial charge in [-0.05, 0) is 18.6 Å². The Morgan fingerprint density at radius 2 is 2.13 bits per heavy atom. The number of nitrogens with two attached hydrogens (primary N) is 1. The van der Waals surface area contributed by atoms with Gasteiger partial charge < -0.3 is 5.73 Å². The molecule has 0 saturated carbocycles. The van der Waals surface area contributed by atoms with Gasteiger partial charge in [0.15, 0.2) is 0 Å². The van der Waals surface area contributed by atoms with Crippen LogP contribution in [0, 0.1) is 6.92 Å². The average molecular weight is 202 g/mol. The topological polar surface area (TPSA) is 73.8 Å². The molecule has 0 aliphatic rings. The van der Waals surface area contributed by atoms with Crippen molar-refractivity contribution in [1.82, 2.24) is 14.8 Å². The first kappa shape index (κ1) is 9.39. The highest BCUT2D eigenvalue weighted by molar-refractivity contribution is 5.98. The number of aryl methyl sites for hydroxylation is 1. The summed E-state index contributed by atoms with van der Waals surface area (Å²) in [5.74, 6) is -0.112. The third kappa shape index (κ3) is 1.59. The number of hydrogen-bond donors (Lipinski definition) is 1. The maximum atomic E-state index is 12.0. The molecule has 0 saturated heterocycles. The predicted molar refractivity (Wildman–Crippen MR) is 55.3 cm³/mol. The highest BCUT2D eigenvalue weighted by Gasteiger charge is 2.13. The smallest absolute Gasteiger partial charge is 0.266 e. The summed E-state index contributed by atoms with van der Waals surface area (Å²) in [4.78, 5) is 12.0. The zero-order valence-corrected chi connectivity index (χ0v) is 8.21. The summed E-state index contributed by atoms with van der Waals surface area (Å²) in [5, 5.41) is 7.13. The number of rotatable bonds is 1. The summed E-state index contributed by atoms with van der Waals surface area (Å²) in [5.41, 5.74) is 7.00. The van der Waals surface area contributed by atoms with E-state index in [-0.39, 0.29) is 11.9 Å². The minimum absolute atomic E-state index is 0.100. The fourth-order valence-electron chi connectivity index (χ4n) is 1.34. The number of anilines is 1. The van der Waals surface area contributed by atoms with Crippen molar-refractivity contribution in [3.8, 4) is 0 Å². The van der Waals surface area contributed by atoms with Gasteiger partial charge in [-0.3, -0.25) is 4.79 Å². The third-order valence-corrected chi connectivity index (χ3v) is 2.17. The third-order valence-electron chi connectivity index (χ3n) is 2.17. The molecule has 0 bridgehead atoms. The van der Waals surface area contributed by atoms with Crippen LogP contribution in [0.1, 0.15) is 15.9 Å². The zero-order valence-electron chi connectivity index (χ0n) is 8.21. The Morgan fingerprint density at radius 3 is 2.73 bits per heavy atom. The second-order valence-corrected chi connectivity index (χ2v) is 3.18. The van der Waals surface area contributed by atoms with Crippen LogP contribution < -0.4 is 5.73 Å². The number of carbonyl (C=O) groups excluding carboxylic acids is 1. The molecule has 76 valence electrons. The molecule has 2 aromatic rings. The van der Waals surface area contributed by atoms with E-state index in [0.29, 0.717) is 5.56 Å². The van der Waals surface area contributed by atoms with Crippen molar-refractivity contribution in [2.45, 2.75) is 6.92 Å². The van der Waals surface area contributed by atoms with Crippen molar-refractivity contribution in [2.24, 2.45) is 0 Å². The van der Waals surface area contributed by atoms with Crippen molar-refractivity contribution in [3.63, 3.8) is 0 Å². The van der Waals surface area contributed by atoms with Crippen LogP contribution >= 0.6 is 0 Å². The van der Waals surface area contributed by atoms with Crippen molar-refractivity contribution in [2.75, 3.05) is 5.73 Å². The van der Waals surface area contributed by atoms with Gasteiger partial charge in [0.1, 0.15) is 6.33 Å². The second-order valence-electron chi connectivity index (χ2n) is 3.18. The summed E-state index contributed by atoms with van der Waals surface area (Å²) >= 11 is 0. The first-order chi connectivity index (χ1) is 7.20. The normalized spacial score (nSPS) is 10.2. The van der Waals surface area contributed by atoms with E-state index in [9.17, 15) is 4.79 Å². The SMILES string of the molecule is Cc1ccccc1C(=O)n1cnnc1N. The molecule has 0 atom stereocenters. The van der Waals surface area contributed by atoms with Crippen LogP contribution in [0.15, 0.2) is 30.6 Å². The monoisotopic (exact) mass is 202 g/mol. The molecule has 1 aromatic heterocycles. The molecule has 0 aliphatic heterocycles. The van der Waals surface area contributed by atoms with Gasteiger partial charge in [0.25, 0.3) is 5.91 Å². The molecule has 0 fully saturated rings. The molecule has 5 nitrogen and oxygen atoms in total. The summed E-state index contributed by atoms with van der Waals surface area (Å²) in [6, 6.07) is 7.30. The molecule has 0 unspecified atom stereocenters. The van der Waals surface area contributed by atoms with E-state index in [1.54, 1.807) is 12.1 Å². The molecule has 0 aliphatic carbocycles. The van der Waals surface area contributed by atoms with Crippen molar-refractivity contribution >= 4 is 11.9 Å². The van der Waals surface area contributed by atoms with Crippen LogP contribution in [0.25, 0.3) is 0 Å². The Hall–Kier alpha value is -2.17. The van der Waals surface area contributed by atoms with E-state index >= 15 is 0 Å². The van der Waals surface area contributed by atoms with Gasteiger partial charge in [-0.25, -0.2) is 4.57 Å². The quantitative estimate of drug-likeness (QED) is 0.744. The zero-order chi connectivity index (χ0) is 10.8. The number of nitrogens with zero attached hydrogens (tertiary/aromatic N) is 3. The fourth-order valence-corrected chi connectivity index (χ4v) is 1.34. The molecule has 2 N–H and O–H groups in total. The van der Waals surface area contributed by atoms with Gasteiger partial charge in [0.2, 0.25) is 5.95 Å². The first-order valence-corrected chi connectivity index (χ1v) is 4.46. The van der Waals surface area contributed by atoms with Crippen molar-refractivity contribution < 1.29 is 4.79 Å². The lowest BCUT2D eigenvalue weighted by molar-refractivity contribution is 0.0961. The number of benzene rings is 1. The fraction of sp³-hybridized carbons (Fsp3) is 0.100. The van der Waals surface area contributed by atoms with Crippen LogP contribution in [-0.4, -0.2) is 20.7 Å². The molecule has 1 heterocycles. The van der Waals surface area contributed by atoms with E-state index in [4.69, 9.17) is 5.73 Å². The molecule has 0 spiro atoms. The van der Waals surface area contributed by atoms with Crippen LogP contribution in [0.5, 0.6) is 0 Å². The molecule has 5 heteroatoms. The van der Waals surface area contributed by atoms with E-state index in [1.807, 2.05) is 19.1 Å². The molecule has 2 rings (SSSR count). The lowest BCUT2D eigenvalue weighted by Crippen LogP contribution is -2.14. The summed E-state index contributed by atoms with van der Waals surface area (Å²) in [6.45, 7) is 1.87. The Bertz CT molecular complexity index is 504. The molecule has 15 heavy (non-hydrogen) atoms. The van der Waals surface area contributed by atoms with E-state index in [1.165, 1.54) is 10.9 Å². The Labute approximate surface area is 86.5 Å². The van der Waals surface area contributed by atoms with Gasteiger partial charge >= 0.3 is 0 Å². The molecular formula is C10H10N4O. The van der Waals surface area contributed by atoms with Crippen LogP contribution in [0.2, 0.25) is 0 Å². The van der Waals surface area contributed by atoms with Gasteiger partial charge in [0, 0.05) is 5.56 Å². The van der Waals surface area contributed by atoms with E-state index in [0.717, 1.165) is 5.56 Å². The number of carbonyl (C=O) groups is 1. The van der Waals surface area contributed by atoms with Gasteiger partial charge in [-0.2, -0.15) is 0 Å². The summed E-state index contributed by atoms with van der Waals surface area (Å²) in [7, 11) is 0. The van der Waals surface area contributed by atoms with E-state index in [2.05, 4.69) is 10.2 Å². The largest absolute Gasteiger partial charge is 0.368 e. The second kappa shape index (κ2) is 3.53. The Kier molecular flexibility index (Phi) is 2.21. The van der Waals surface area contributed by atoms with E-state index < -0.39 is 0 Å². The molecule has 0 radical (unpaired) electrons. The highest BCUT2D eigenvalue weighted by atomic mass is 16.2. The maximum Gasteiger partial charge on any atom is 0.266 e. The molecular weight excluding hydrogens is 192 g/mol. The van der Waals surface area contributed by atoms with Crippen LogP contribution in [0.4, 0.5) is 5.95 Å². The predicted octanol–water partition coefficient (Wildman–Crippen LogP) is 0.857. The first-order valence-electron chi connectivity index (χ1n) is 4.46. The molecule has 0 amide bonds. The minimum Gasteiger partial charge on any atom is -0.368 e. The Morgan fingerprint density at radius 1 is 1.40 bits per heavy atom. The lowest BCUT2D eigenvalue weighted by Gasteiger charge is -2.04. The molecule has 1 aromatic carbocycles. The van der Waals surface area contributed by atoms with Crippen LogP contribution in [0.3, 0.4) is 0 Å². The number of aromatic nitrogens is 3. The average Bonchev–Trinajstić information content (AvgIpc) is 2.64. The summed E-state index contributed by atoms with van der Waals surface area (Å²) in [6.07, 6.45) is 1.31. The van der Waals surface area contributed by atoms with Gasteiger partial charge in [-0.15, -0.1) is 10.2 Å².